The Labute approximate surface area is 113 Å². The summed E-state index contributed by atoms with van der Waals surface area (Å²) in [4.78, 5) is 24.4. The number of hydrogen-bond donors (Lipinski definition) is 0. The molecule has 1 heterocycles. The van der Waals surface area contributed by atoms with Crippen LogP contribution >= 0.6 is 0 Å². The molecule has 6 nitrogen and oxygen atoms in total. The van der Waals surface area contributed by atoms with Gasteiger partial charge in [-0.2, -0.15) is 0 Å². The SMILES string of the molecule is COC(=O)C=C[C@H]1CN(C(=O)OC(C)(C)C)CCO1. The minimum Gasteiger partial charge on any atom is -0.466 e. The summed E-state index contributed by atoms with van der Waals surface area (Å²) in [6, 6.07) is 0. The predicted octanol–water partition coefficient (Wildman–Crippen LogP) is 1.35. The number of methoxy groups -OCH3 is 1. The van der Waals surface area contributed by atoms with E-state index < -0.39 is 11.6 Å². The van der Waals surface area contributed by atoms with Gasteiger partial charge in [0.15, 0.2) is 0 Å². The van der Waals surface area contributed by atoms with E-state index in [1.165, 1.54) is 13.2 Å². The van der Waals surface area contributed by atoms with Crippen LogP contribution in [0, 0.1) is 0 Å². The van der Waals surface area contributed by atoms with E-state index in [0.717, 1.165) is 0 Å². The van der Waals surface area contributed by atoms with Gasteiger partial charge in [0.2, 0.25) is 0 Å². The molecule has 6 heteroatoms. The largest absolute Gasteiger partial charge is 0.466 e. The summed E-state index contributed by atoms with van der Waals surface area (Å²) in [5.74, 6) is -0.446. The molecule has 1 saturated heterocycles. The smallest absolute Gasteiger partial charge is 0.410 e. The van der Waals surface area contributed by atoms with E-state index >= 15 is 0 Å². The van der Waals surface area contributed by atoms with Gasteiger partial charge in [-0.25, -0.2) is 9.59 Å². The van der Waals surface area contributed by atoms with Crippen LogP contribution in [0.2, 0.25) is 0 Å². The summed E-state index contributed by atoms with van der Waals surface area (Å²) in [6.07, 6.45) is 2.19. The van der Waals surface area contributed by atoms with Gasteiger partial charge in [0, 0.05) is 12.6 Å². The van der Waals surface area contributed by atoms with Crippen molar-refractivity contribution < 1.29 is 23.8 Å². The summed E-state index contributed by atoms with van der Waals surface area (Å²) >= 11 is 0. The van der Waals surface area contributed by atoms with Gasteiger partial charge in [-0.3, -0.25) is 0 Å². The van der Waals surface area contributed by atoms with Crippen molar-refractivity contribution in [2.75, 3.05) is 26.8 Å². The normalized spacial score (nSPS) is 20.4. The number of esters is 1. The Morgan fingerprint density at radius 2 is 2.05 bits per heavy atom. The Morgan fingerprint density at radius 1 is 1.37 bits per heavy atom. The number of hydrogen-bond acceptors (Lipinski definition) is 5. The first-order valence-corrected chi connectivity index (χ1v) is 6.17. The summed E-state index contributed by atoms with van der Waals surface area (Å²) in [7, 11) is 1.31. The first-order chi connectivity index (χ1) is 8.81. The molecule has 19 heavy (non-hydrogen) atoms. The molecule has 0 saturated carbocycles. The monoisotopic (exact) mass is 271 g/mol. The Kier molecular flexibility index (Phi) is 5.35. The van der Waals surface area contributed by atoms with Crippen molar-refractivity contribution in [1.29, 1.82) is 0 Å². The van der Waals surface area contributed by atoms with Crippen molar-refractivity contribution in [2.24, 2.45) is 0 Å². The Hall–Kier alpha value is -1.56. The van der Waals surface area contributed by atoms with Gasteiger partial charge in [0.05, 0.1) is 26.4 Å². The second-order valence-corrected chi connectivity index (χ2v) is 5.22. The maximum Gasteiger partial charge on any atom is 0.410 e. The number of amides is 1. The second-order valence-electron chi connectivity index (χ2n) is 5.22. The molecule has 0 bridgehead atoms. The van der Waals surface area contributed by atoms with E-state index in [2.05, 4.69) is 4.74 Å². The molecule has 0 N–H and O–H groups in total. The predicted molar refractivity (Wildman–Crippen MR) is 68.7 cm³/mol. The molecular formula is C13H21NO5. The van der Waals surface area contributed by atoms with E-state index in [1.54, 1.807) is 11.0 Å². The average molecular weight is 271 g/mol. The molecule has 0 aromatic heterocycles. The lowest BCUT2D eigenvalue weighted by molar-refractivity contribution is -0.134. The lowest BCUT2D eigenvalue weighted by Gasteiger charge is -2.33. The zero-order valence-corrected chi connectivity index (χ0v) is 11.8. The van der Waals surface area contributed by atoms with Crippen molar-refractivity contribution in [1.82, 2.24) is 4.90 Å². The lowest BCUT2D eigenvalue weighted by Crippen LogP contribution is -2.46. The number of carbonyl (C=O) groups excluding carboxylic acids is 2. The van der Waals surface area contributed by atoms with Crippen LogP contribution in [0.15, 0.2) is 12.2 Å². The molecule has 0 unspecified atom stereocenters. The maximum absolute atomic E-state index is 11.9. The highest BCUT2D eigenvalue weighted by Crippen LogP contribution is 2.13. The fraction of sp³-hybridized carbons (Fsp3) is 0.692. The third kappa shape index (κ3) is 5.74. The highest BCUT2D eigenvalue weighted by atomic mass is 16.6. The van der Waals surface area contributed by atoms with Gasteiger partial charge in [-0.1, -0.05) is 0 Å². The van der Waals surface area contributed by atoms with E-state index in [1.807, 2.05) is 20.8 Å². The number of nitrogens with zero attached hydrogens (tertiary/aromatic N) is 1. The first-order valence-electron chi connectivity index (χ1n) is 6.17. The number of morpholine rings is 1. The zero-order valence-electron chi connectivity index (χ0n) is 11.8. The molecule has 1 amide bonds. The fourth-order valence-electron chi connectivity index (χ4n) is 1.54. The summed E-state index contributed by atoms with van der Waals surface area (Å²) in [5.41, 5.74) is -0.521. The molecule has 1 aliphatic rings. The Morgan fingerprint density at radius 3 is 2.63 bits per heavy atom. The van der Waals surface area contributed by atoms with Crippen LogP contribution in [0.3, 0.4) is 0 Å². The molecule has 0 spiro atoms. The first kappa shape index (κ1) is 15.5. The van der Waals surface area contributed by atoms with Crippen LogP contribution in [0.4, 0.5) is 4.79 Å². The second kappa shape index (κ2) is 6.56. The number of carbonyl (C=O) groups is 2. The molecule has 108 valence electrons. The summed E-state index contributed by atoms with van der Waals surface area (Å²) in [6.45, 7) is 6.72. The number of ether oxygens (including phenoxy) is 3. The highest BCUT2D eigenvalue weighted by molar-refractivity contribution is 5.81. The van der Waals surface area contributed by atoms with Gasteiger partial charge < -0.3 is 19.1 Å². The van der Waals surface area contributed by atoms with Crippen LogP contribution < -0.4 is 0 Å². The topological polar surface area (TPSA) is 65.1 Å². The van der Waals surface area contributed by atoms with Crippen LogP contribution in [0.25, 0.3) is 0 Å². The summed E-state index contributed by atoms with van der Waals surface area (Å²) in [5, 5.41) is 0. The van der Waals surface area contributed by atoms with Gasteiger partial charge in [-0.15, -0.1) is 0 Å². The van der Waals surface area contributed by atoms with Crippen molar-refractivity contribution in [2.45, 2.75) is 32.5 Å². The van der Waals surface area contributed by atoms with Crippen LogP contribution in [0.5, 0.6) is 0 Å². The molecule has 1 fully saturated rings. The van der Waals surface area contributed by atoms with Crippen LogP contribution in [-0.2, 0) is 19.0 Å². The molecule has 1 aliphatic heterocycles. The van der Waals surface area contributed by atoms with Crippen molar-refractivity contribution in [3.05, 3.63) is 12.2 Å². The van der Waals surface area contributed by atoms with Gasteiger partial charge in [0.1, 0.15) is 5.60 Å². The standard InChI is InChI=1S/C13H21NO5/c1-13(2,3)19-12(16)14-7-8-18-10(9-14)5-6-11(15)17-4/h5-6,10H,7-9H2,1-4H3/t10-/m0/s1. The van der Waals surface area contributed by atoms with Gasteiger partial charge in [0.25, 0.3) is 0 Å². The van der Waals surface area contributed by atoms with E-state index in [-0.39, 0.29) is 12.2 Å². The molecule has 1 atom stereocenters. The van der Waals surface area contributed by atoms with Gasteiger partial charge in [-0.05, 0) is 26.8 Å². The van der Waals surface area contributed by atoms with Crippen LogP contribution in [-0.4, -0.2) is 55.5 Å². The Balaban J connectivity index is 2.52. The molecule has 0 aromatic carbocycles. The maximum atomic E-state index is 11.9. The van der Waals surface area contributed by atoms with Crippen molar-refractivity contribution >= 4 is 12.1 Å². The minimum absolute atomic E-state index is 0.319. The third-order valence-electron chi connectivity index (χ3n) is 2.39. The average Bonchev–Trinajstić information content (AvgIpc) is 2.34. The molecular weight excluding hydrogens is 250 g/mol. The highest BCUT2D eigenvalue weighted by Gasteiger charge is 2.27. The molecule has 0 radical (unpaired) electrons. The molecule has 0 aromatic rings. The Bertz CT molecular complexity index is 359. The number of rotatable bonds is 2. The minimum atomic E-state index is -0.521. The fourth-order valence-corrected chi connectivity index (χ4v) is 1.54. The van der Waals surface area contributed by atoms with Crippen molar-refractivity contribution in [3.8, 4) is 0 Å². The third-order valence-corrected chi connectivity index (χ3v) is 2.39. The van der Waals surface area contributed by atoms with E-state index in [9.17, 15) is 9.59 Å². The van der Waals surface area contributed by atoms with E-state index in [4.69, 9.17) is 9.47 Å². The molecule has 1 rings (SSSR count). The van der Waals surface area contributed by atoms with Gasteiger partial charge >= 0.3 is 12.1 Å². The quantitative estimate of drug-likeness (QED) is 0.560. The zero-order chi connectivity index (χ0) is 14.5. The van der Waals surface area contributed by atoms with Crippen molar-refractivity contribution in [3.63, 3.8) is 0 Å². The van der Waals surface area contributed by atoms with Crippen LogP contribution in [0.1, 0.15) is 20.8 Å². The van der Waals surface area contributed by atoms with E-state index in [0.29, 0.717) is 19.7 Å². The lowest BCUT2D eigenvalue weighted by atomic mass is 10.2. The molecule has 0 aliphatic carbocycles. The summed E-state index contributed by atoms with van der Waals surface area (Å²) < 4.78 is 15.2.